The molecule has 104 valence electrons. The Morgan fingerprint density at radius 2 is 2.16 bits per heavy atom. The van der Waals surface area contributed by atoms with Crippen molar-refractivity contribution in [2.45, 2.75) is 38.3 Å². The molecule has 2 rings (SSSR count). The third-order valence-corrected chi connectivity index (χ3v) is 3.37. The molecule has 1 aromatic rings. The highest BCUT2D eigenvalue weighted by atomic mass is 16.2. The first-order valence-corrected chi connectivity index (χ1v) is 6.43. The highest BCUT2D eigenvalue weighted by Crippen LogP contribution is 2.24. The van der Waals surface area contributed by atoms with Crippen molar-refractivity contribution in [2.24, 2.45) is 17.4 Å². The van der Waals surface area contributed by atoms with Gasteiger partial charge >= 0.3 is 0 Å². The van der Waals surface area contributed by atoms with Gasteiger partial charge in [-0.1, -0.05) is 12.8 Å². The van der Waals surface area contributed by atoms with Gasteiger partial charge in [0.2, 0.25) is 11.8 Å². The van der Waals surface area contributed by atoms with Crippen molar-refractivity contribution < 1.29 is 9.59 Å². The second kappa shape index (κ2) is 5.83. The lowest BCUT2D eigenvalue weighted by atomic mass is 9.84. The number of nitrogens with one attached hydrogen (secondary N) is 1. The third kappa shape index (κ3) is 3.54. The standard InChI is InChI=1S/C12H19N5O2/c13-10-4-2-1-3-9(10)12(19)16-8-5-15-17(6-8)7-11(14)18/h5-6,9-10H,1-4,7,13H2,(H2,14,18)(H,16,19). The number of primary amides is 1. The Bertz CT molecular complexity index is 470. The molecular formula is C12H19N5O2. The Morgan fingerprint density at radius 1 is 1.42 bits per heavy atom. The van der Waals surface area contributed by atoms with Gasteiger partial charge in [-0.15, -0.1) is 0 Å². The van der Waals surface area contributed by atoms with E-state index in [1.807, 2.05) is 0 Å². The number of carbonyl (C=O) groups excluding carboxylic acids is 2. The van der Waals surface area contributed by atoms with Crippen LogP contribution in [0, 0.1) is 5.92 Å². The van der Waals surface area contributed by atoms with Crippen molar-refractivity contribution in [2.75, 3.05) is 5.32 Å². The zero-order valence-corrected chi connectivity index (χ0v) is 10.7. The molecule has 0 bridgehead atoms. The lowest BCUT2D eigenvalue weighted by Gasteiger charge is -2.27. The van der Waals surface area contributed by atoms with Crippen LogP contribution in [0.2, 0.25) is 0 Å². The average molecular weight is 265 g/mol. The van der Waals surface area contributed by atoms with E-state index >= 15 is 0 Å². The van der Waals surface area contributed by atoms with E-state index in [-0.39, 0.29) is 24.4 Å². The number of anilines is 1. The molecule has 1 fully saturated rings. The van der Waals surface area contributed by atoms with Crippen LogP contribution < -0.4 is 16.8 Å². The fraction of sp³-hybridized carbons (Fsp3) is 0.583. The summed E-state index contributed by atoms with van der Waals surface area (Å²) in [6.07, 6.45) is 6.90. The monoisotopic (exact) mass is 265 g/mol. The first-order valence-electron chi connectivity index (χ1n) is 6.43. The summed E-state index contributed by atoms with van der Waals surface area (Å²) in [6.45, 7) is -0.00118. The van der Waals surface area contributed by atoms with Gasteiger partial charge in [-0.3, -0.25) is 14.3 Å². The Kier molecular flexibility index (Phi) is 4.16. The van der Waals surface area contributed by atoms with Crippen LogP contribution in [0.15, 0.2) is 12.4 Å². The van der Waals surface area contributed by atoms with Crippen LogP contribution in [-0.2, 0) is 16.1 Å². The molecule has 1 saturated carbocycles. The molecule has 0 spiro atoms. The molecule has 1 aromatic heterocycles. The normalized spacial score (nSPS) is 23.0. The summed E-state index contributed by atoms with van der Waals surface area (Å²) in [4.78, 5) is 22.8. The number of carbonyl (C=O) groups is 2. The van der Waals surface area contributed by atoms with E-state index in [0.717, 1.165) is 25.7 Å². The fourth-order valence-electron chi connectivity index (χ4n) is 2.39. The predicted octanol–water partition coefficient (Wildman–Crippen LogP) is -0.176. The molecule has 7 heteroatoms. The topological polar surface area (TPSA) is 116 Å². The fourth-order valence-corrected chi connectivity index (χ4v) is 2.39. The van der Waals surface area contributed by atoms with Crippen LogP contribution in [0.4, 0.5) is 5.69 Å². The Morgan fingerprint density at radius 3 is 2.84 bits per heavy atom. The van der Waals surface area contributed by atoms with Crippen LogP contribution in [0.5, 0.6) is 0 Å². The number of nitrogens with two attached hydrogens (primary N) is 2. The smallest absolute Gasteiger partial charge is 0.239 e. The predicted molar refractivity (Wildman–Crippen MR) is 70.0 cm³/mol. The molecule has 0 aliphatic heterocycles. The van der Waals surface area contributed by atoms with E-state index in [0.29, 0.717) is 5.69 Å². The number of amides is 2. The van der Waals surface area contributed by atoms with Crippen LogP contribution in [0.1, 0.15) is 25.7 Å². The second-order valence-corrected chi connectivity index (χ2v) is 4.94. The Balaban J connectivity index is 1.94. The Labute approximate surface area is 111 Å². The molecule has 1 heterocycles. The summed E-state index contributed by atoms with van der Waals surface area (Å²) in [5.41, 5.74) is 11.6. The number of aromatic nitrogens is 2. The second-order valence-electron chi connectivity index (χ2n) is 4.94. The minimum absolute atomic E-state index is 0.00118. The highest BCUT2D eigenvalue weighted by molar-refractivity contribution is 5.92. The van der Waals surface area contributed by atoms with Gasteiger partial charge in [0.15, 0.2) is 0 Å². The molecule has 1 aliphatic carbocycles. The number of rotatable bonds is 4. The van der Waals surface area contributed by atoms with Crippen molar-refractivity contribution in [3.05, 3.63) is 12.4 Å². The summed E-state index contributed by atoms with van der Waals surface area (Å²) in [7, 11) is 0. The largest absolute Gasteiger partial charge is 0.368 e. The van der Waals surface area contributed by atoms with Crippen molar-refractivity contribution >= 4 is 17.5 Å². The van der Waals surface area contributed by atoms with Gasteiger partial charge in [-0.25, -0.2) is 0 Å². The SMILES string of the molecule is NC(=O)Cn1cc(NC(=O)C2CCCCC2N)cn1. The molecule has 7 nitrogen and oxygen atoms in total. The number of hydrogen-bond donors (Lipinski definition) is 3. The van der Waals surface area contributed by atoms with Gasteiger partial charge in [0.1, 0.15) is 6.54 Å². The summed E-state index contributed by atoms with van der Waals surface area (Å²) in [5, 5.41) is 6.72. The van der Waals surface area contributed by atoms with Crippen LogP contribution >= 0.6 is 0 Å². The molecule has 2 atom stereocenters. The molecule has 2 amide bonds. The lowest BCUT2D eigenvalue weighted by Crippen LogP contribution is -2.40. The van der Waals surface area contributed by atoms with E-state index < -0.39 is 5.91 Å². The molecular weight excluding hydrogens is 246 g/mol. The van der Waals surface area contributed by atoms with Crippen LogP contribution in [0.3, 0.4) is 0 Å². The maximum absolute atomic E-state index is 12.1. The van der Waals surface area contributed by atoms with Gasteiger partial charge in [0, 0.05) is 12.2 Å². The minimum Gasteiger partial charge on any atom is -0.368 e. The molecule has 2 unspecified atom stereocenters. The Hall–Kier alpha value is -1.89. The molecule has 5 N–H and O–H groups in total. The van der Waals surface area contributed by atoms with E-state index in [4.69, 9.17) is 11.5 Å². The maximum Gasteiger partial charge on any atom is 0.239 e. The maximum atomic E-state index is 12.1. The summed E-state index contributed by atoms with van der Waals surface area (Å²) in [5.74, 6) is -0.700. The summed E-state index contributed by atoms with van der Waals surface area (Å²) >= 11 is 0. The van der Waals surface area contributed by atoms with Crippen molar-refractivity contribution in [3.63, 3.8) is 0 Å². The van der Waals surface area contributed by atoms with E-state index in [2.05, 4.69) is 10.4 Å². The van der Waals surface area contributed by atoms with Crippen LogP contribution in [0.25, 0.3) is 0 Å². The zero-order valence-electron chi connectivity index (χ0n) is 10.7. The summed E-state index contributed by atoms with van der Waals surface area (Å²) in [6, 6.07) is -0.0746. The summed E-state index contributed by atoms with van der Waals surface area (Å²) < 4.78 is 1.39. The minimum atomic E-state index is -0.477. The van der Waals surface area contributed by atoms with Crippen LogP contribution in [-0.4, -0.2) is 27.6 Å². The molecule has 19 heavy (non-hydrogen) atoms. The van der Waals surface area contributed by atoms with E-state index in [1.54, 1.807) is 6.20 Å². The zero-order chi connectivity index (χ0) is 13.8. The lowest BCUT2D eigenvalue weighted by molar-refractivity contribution is -0.121. The first-order chi connectivity index (χ1) is 9.06. The van der Waals surface area contributed by atoms with Crippen molar-refractivity contribution in [1.82, 2.24) is 9.78 Å². The van der Waals surface area contributed by atoms with Gasteiger partial charge in [-0.2, -0.15) is 5.10 Å². The van der Waals surface area contributed by atoms with Gasteiger partial charge in [-0.05, 0) is 12.8 Å². The van der Waals surface area contributed by atoms with Gasteiger partial charge in [0.05, 0.1) is 17.8 Å². The molecule has 0 saturated heterocycles. The molecule has 0 aromatic carbocycles. The molecule has 1 aliphatic rings. The number of hydrogen-bond acceptors (Lipinski definition) is 4. The molecule has 0 radical (unpaired) electrons. The van der Waals surface area contributed by atoms with E-state index in [1.165, 1.54) is 10.9 Å². The quantitative estimate of drug-likeness (QED) is 0.700. The van der Waals surface area contributed by atoms with E-state index in [9.17, 15) is 9.59 Å². The van der Waals surface area contributed by atoms with Crippen molar-refractivity contribution in [1.29, 1.82) is 0 Å². The average Bonchev–Trinajstić information content (AvgIpc) is 2.76. The number of nitrogens with zero attached hydrogens (tertiary/aromatic N) is 2. The highest BCUT2D eigenvalue weighted by Gasteiger charge is 2.28. The van der Waals surface area contributed by atoms with Gasteiger partial charge < -0.3 is 16.8 Å². The van der Waals surface area contributed by atoms with Crippen molar-refractivity contribution in [3.8, 4) is 0 Å². The first kappa shape index (κ1) is 13.5. The third-order valence-electron chi connectivity index (χ3n) is 3.37. The van der Waals surface area contributed by atoms with Gasteiger partial charge in [0.25, 0.3) is 0 Å².